The summed E-state index contributed by atoms with van der Waals surface area (Å²) in [5.41, 5.74) is 4.91. The first-order valence-electron chi connectivity index (χ1n) is 8.72. The van der Waals surface area contributed by atoms with Crippen LogP contribution in [-0.4, -0.2) is 26.3 Å². The number of hydrogen-bond acceptors (Lipinski definition) is 3. The van der Waals surface area contributed by atoms with Crippen LogP contribution in [0.25, 0.3) is 16.6 Å². The van der Waals surface area contributed by atoms with Crippen molar-refractivity contribution in [1.29, 1.82) is 0 Å². The largest absolute Gasteiger partial charge is 0.357 e. The number of nitrogens with zero attached hydrogens (tertiary/aromatic N) is 4. The van der Waals surface area contributed by atoms with Crippen LogP contribution in [0.1, 0.15) is 17.1 Å². The standard InChI is InChI=1S/C20H18ClN5/c1-13-23-24-20(26(13)15-8-6-14(21)7-9-15)25-11-10-17-16-4-2-3-5-18(16)22-19(17)12-25/h2-9,22H,10-12H2,1H3. The third-order valence-electron chi connectivity index (χ3n) is 5.06. The number of halogens is 1. The smallest absolute Gasteiger partial charge is 0.232 e. The van der Waals surface area contributed by atoms with Crippen molar-refractivity contribution in [1.82, 2.24) is 19.7 Å². The van der Waals surface area contributed by atoms with E-state index >= 15 is 0 Å². The lowest BCUT2D eigenvalue weighted by Crippen LogP contribution is -2.32. The second-order valence-electron chi connectivity index (χ2n) is 6.66. The van der Waals surface area contributed by atoms with Crippen LogP contribution in [0.3, 0.4) is 0 Å². The Morgan fingerprint density at radius 3 is 2.69 bits per heavy atom. The fraction of sp³-hybridized carbons (Fsp3) is 0.200. The molecule has 4 aromatic rings. The molecule has 26 heavy (non-hydrogen) atoms. The number of benzene rings is 2. The molecule has 0 fully saturated rings. The van der Waals surface area contributed by atoms with Gasteiger partial charge >= 0.3 is 0 Å². The Morgan fingerprint density at radius 2 is 1.85 bits per heavy atom. The van der Waals surface area contributed by atoms with Gasteiger partial charge in [-0.3, -0.25) is 4.57 Å². The third-order valence-corrected chi connectivity index (χ3v) is 5.31. The summed E-state index contributed by atoms with van der Waals surface area (Å²) in [6, 6.07) is 16.3. The van der Waals surface area contributed by atoms with Crippen LogP contribution in [-0.2, 0) is 13.0 Å². The Morgan fingerprint density at radius 1 is 1.04 bits per heavy atom. The van der Waals surface area contributed by atoms with Gasteiger partial charge in [0.2, 0.25) is 5.95 Å². The van der Waals surface area contributed by atoms with E-state index in [1.165, 1.54) is 22.2 Å². The Labute approximate surface area is 156 Å². The topological polar surface area (TPSA) is 49.7 Å². The number of aromatic amines is 1. The van der Waals surface area contributed by atoms with E-state index in [1.54, 1.807) is 0 Å². The van der Waals surface area contributed by atoms with Gasteiger partial charge in [-0.1, -0.05) is 29.8 Å². The van der Waals surface area contributed by atoms with Crippen molar-refractivity contribution in [2.75, 3.05) is 11.4 Å². The number of fused-ring (bicyclic) bond motifs is 3. The monoisotopic (exact) mass is 363 g/mol. The summed E-state index contributed by atoms with van der Waals surface area (Å²) in [4.78, 5) is 5.86. The number of para-hydroxylation sites is 1. The molecule has 0 aliphatic carbocycles. The maximum atomic E-state index is 6.04. The molecule has 1 N–H and O–H groups in total. The summed E-state index contributed by atoms with van der Waals surface area (Å²) in [5.74, 6) is 1.74. The van der Waals surface area contributed by atoms with E-state index in [4.69, 9.17) is 11.6 Å². The SMILES string of the molecule is Cc1nnc(N2CCc3c([nH]c4ccccc34)C2)n1-c1ccc(Cl)cc1. The number of aromatic nitrogens is 4. The molecule has 2 aromatic heterocycles. The lowest BCUT2D eigenvalue weighted by Gasteiger charge is -2.28. The molecule has 1 aliphatic rings. The molecule has 0 bridgehead atoms. The van der Waals surface area contributed by atoms with E-state index < -0.39 is 0 Å². The summed E-state index contributed by atoms with van der Waals surface area (Å²) in [6.07, 6.45) is 0.992. The molecule has 0 saturated carbocycles. The molecule has 2 aromatic carbocycles. The van der Waals surface area contributed by atoms with Crippen molar-refractivity contribution in [2.24, 2.45) is 0 Å². The Bertz CT molecular complexity index is 1090. The minimum atomic E-state index is 0.724. The average molecular weight is 364 g/mol. The van der Waals surface area contributed by atoms with Gasteiger partial charge in [0, 0.05) is 28.2 Å². The van der Waals surface area contributed by atoms with Crippen LogP contribution in [0.5, 0.6) is 0 Å². The number of anilines is 1. The number of hydrogen-bond donors (Lipinski definition) is 1. The lowest BCUT2D eigenvalue weighted by atomic mass is 10.0. The fourth-order valence-corrected chi connectivity index (χ4v) is 3.94. The molecule has 130 valence electrons. The van der Waals surface area contributed by atoms with Crippen LogP contribution < -0.4 is 4.90 Å². The zero-order valence-corrected chi connectivity index (χ0v) is 15.2. The summed E-state index contributed by atoms with van der Waals surface area (Å²) < 4.78 is 2.09. The maximum Gasteiger partial charge on any atom is 0.232 e. The molecule has 0 saturated heterocycles. The molecule has 5 rings (SSSR count). The van der Waals surface area contributed by atoms with Crippen LogP contribution in [0.4, 0.5) is 5.95 Å². The summed E-state index contributed by atoms with van der Waals surface area (Å²) >= 11 is 6.04. The van der Waals surface area contributed by atoms with Gasteiger partial charge in [0.15, 0.2) is 0 Å². The summed E-state index contributed by atoms with van der Waals surface area (Å²) in [5, 5.41) is 10.8. The highest BCUT2D eigenvalue weighted by atomic mass is 35.5. The Hall–Kier alpha value is -2.79. The van der Waals surface area contributed by atoms with Gasteiger partial charge < -0.3 is 9.88 Å². The summed E-state index contributed by atoms with van der Waals surface area (Å²) in [6.45, 7) is 3.69. The van der Waals surface area contributed by atoms with Crippen molar-refractivity contribution in [3.8, 4) is 5.69 Å². The highest BCUT2D eigenvalue weighted by molar-refractivity contribution is 6.30. The molecule has 0 unspecified atom stereocenters. The first-order valence-corrected chi connectivity index (χ1v) is 9.10. The number of aryl methyl sites for hydroxylation is 1. The normalized spacial score (nSPS) is 14.0. The maximum absolute atomic E-state index is 6.04. The quantitative estimate of drug-likeness (QED) is 0.578. The Kier molecular flexibility index (Phi) is 3.50. The molecular formula is C20H18ClN5. The van der Waals surface area contributed by atoms with Crippen molar-refractivity contribution in [3.63, 3.8) is 0 Å². The second kappa shape index (κ2) is 5.88. The molecule has 1 aliphatic heterocycles. The zero-order valence-electron chi connectivity index (χ0n) is 14.4. The van der Waals surface area contributed by atoms with E-state index in [9.17, 15) is 0 Å². The van der Waals surface area contributed by atoms with Crippen molar-refractivity contribution < 1.29 is 0 Å². The van der Waals surface area contributed by atoms with Crippen molar-refractivity contribution >= 4 is 28.5 Å². The van der Waals surface area contributed by atoms with Crippen LogP contribution in [0, 0.1) is 6.92 Å². The second-order valence-corrected chi connectivity index (χ2v) is 7.09. The third kappa shape index (κ3) is 2.39. The first-order chi connectivity index (χ1) is 12.7. The minimum Gasteiger partial charge on any atom is -0.357 e. The molecule has 5 nitrogen and oxygen atoms in total. The van der Waals surface area contributed by atoms with Gasteiger partial charge in [0.1, 0.15) is 5.82 Å². The zero-order chi connectivity index (χ0) is 17.7. The van der Waals surface area contributed by atoms with E-state index in [1.807, 2.05) is 31.2 Å². The molecule has 0 spiro atoms. The highest BCUT2D eigenvalue weighted by Crippen LogP contribution is 2.30. The molecule has 0 radical (unpaired) electrons. The number of nitrogens with one attached hydrogen (secondary N) is 1. The lowest BCUT2D eigenvalue weighted by molar-refractivity contribution is 0.692. The van der Waals surface area contributed by atoms with Crippen molar-refractivity contribution in [2.45, 2.75) is 19.9 Å². The first kappa shape index (κ1) is 15.5. The van der Waals surface area contributed by atoms with Crippen LogP contribution in [0.15, 0.2) is 48.5 Å². The van der Waals surface area contributed by atoms with Crippen molar-refractivity contribution in [3.05, 3.63) is 70.6 Å². The molecular weight excluding hydrogens is 346 g/mol. The Balaban J connectivity index is 1.55. The predicted molar refractivity (Wildman–Crippen MR) is 104 cm³/mol. The number of H-pyrrole nitrogens is 1. The van der Waals surface area contributed by atoms with Gasteiger partial charge in [-0.25, -0.2) is 0 Å². The van der Waals surface area contributed by atoms with Gasteiger partial charge in [0.25, 0.3) is 0 Å². The molecule has 3 heterocycles. The van der Waals surface area contributed by atoms with Crippen LogP contribution in [0.2, 0.25) is 5.02 Å². The van der Waals surface area contributed by atoms with Gasteiger partial charge in [0.05, 0.1) is 12.2 Å². The fourth-order valence-electron chi connectivity index (χ4n) is 3.81. The van der Waals surface area contributed by atoms with Gasteiger partial charge in [-0.05, 0) is 49.2 Å². The predicted octanol–water partition coefficient (Wildman–Crippen LogP) is 4.27. The highest BCUT2D eigenvalue weighted by Gasteiger charge is 2.25. The molecule has 6 heteroatoms. The number of rotatable bonds is 2. The van der Waals surface area contributed by atoms with Gasteiger partial charge in [-0.2, -0.15) is 0 Å². The van der Waals surface area contributed by atoms with E-state index in [2.05, 4.69) is 48.9 Å². The summed E-state index contributed by atoms with van der Waals surface area (Å²) in [7, 11) is 0. The minimum absolute atomic E-state index is 0.724. The average Bonchev–Trinajstić information content (AvgIpc) is 3.22. The van der Waals surface area contributed by atoms with E-state index in [0.29, 0.717) is 0 Å². The van der Waals surface area contributed by atoms with Gasteiger partial charge in [-0.15, -0.1) is 10.2 Å². The van der Waals surface area contributed by atoms with E-state index in [-0.39, 0.29) is 0 Å². The molecule has 0 atom stereocenters. The van der Waals surface area contributed by atoms with Crippen LogP contribution >= 0.6 is 11.6 Å². The molecule has 0 amide bonds. The van der Waals surface area contributed by atoms with E-state index in [0.717, 1.165) is 42.0 Å².